The first-order valence-corrected chi connectivity index (χ1v) is 8.92. The van der Waals surface area contributed by atoms with E-state index in [1.165, 1.54) is 25.3 Å². The van der Waals surface area contributed by atoms with Crippen LogP contribution in [-0.4, -0.2) is 43.0 Å². The van der Waals surface area contributed by atoms with Crippen LogP contribution < -0.4 is 10.6 Å². The van der Waals surface area contributed by atoms with E-state index in [1.807, 2.05) is 6.92 Å². The molecule has 0 unspecified atom stereocenters. The molecule has 0 radical (unpaired) electrons. The van der Waals surface area contributed by atoms with E-state index in [-0.39, 0.29) is 24.3 Å². The summed E-state index contributed by atoms with van der Waals surface area (Å²) in [5.74, 6) is -1.76. The van der Waals surface area contributed by atoms with Crippen molar-refractivity contribution in [2.24, 2.45) is 0 Å². The molecule has 0 aliphatic rings. The highest BCUT2D eigenvalue weighted by Crippen LogP contribution is 2.20. The number of hydrogen-bond donors (Lipinski definition) is 3. The minimum absolute atomic E-state index is 0.171. The zero-order valence-electron chi connectivity index (χ0n) is 16.4. The molecule has 0 spiro atoms. The Morgan fingerprint density at radius 1 is 1.11 bits per heavy atom. The molecule has 1 heterocycles. The molecule has 2 rings (SSSR count). The summed E-state index contributed by atoms with van der Waals surface area (Å²) >= 11 is 0. The van der Waals surface area contributed by atoms with Crippen molar-refractivity contribution in [2.45, 2.75) is 27.2 Å². The number of carbonyl (C=O) groups is 3. The van der Waals surface area contributed by atoms with Gasteiger partial charge in [0.1, 0.15) is 11.5 Å². The second kappa shape index (κ2) is 9.16. The zero-order valence-corrected chi connectivity index (χ0v) is 16.4. The van der Waals surface area contributed by atoms with Crippen LogP contribution in [0.3, 0.4) is 0 Å². The first kappa shape index (κ1) is 21.1. The molecular weight excluding hydrogens is 365 g/mol. The standard InChI is InChI=1S/C20H24FN3O4/c1-5-15-16(20(27)28-4)12(3)17(24-15)19(26)23-9-8-22-18(25)13-7-6-11(2)14(21)10-13/h6-7,10,24H,5,8-9H2,1-4H3,(H,22,25)(H,23,26). The number of esters is 1. The van der Waals surface area contributed by atoms with Gasteiger partial charge in [0, 0.05) is 24.3 Å². The molecule has 8 heteroatoms. The maximum atomic E-state index is 13.5. The number of halogens is 1. The highest BCUT2D eigenvalue weighted by molar-refractivity contribution is 6.00. The minimum atomic E-state index is -0.498. The molecule has 0 aliphatic heterocycles. The van der Waals surface area contributed by atoms with Gasteiger partial charge in [0.25, 0.3) is 11.8 Å². The molecule has 150 valence electrons. The van der Waals surface area contributed by atoms with Crippen LogP contribution in [0.25, 0.3) is 0 Å². The van der Waals surface area contributed by atoms with Crippen molar-refractivity contribution in [1.82, 2.24) is 15.6 Å². The first-order chi connectivity index (χ1) is 13.3. The molecule has 0 saturated heterocycles. The summed E-state index contributed by atoms with van der Waals surface area (Å²) in [4.78, 5) is 39.3. The van der Waals surface area contributed by atoms with E-state index in [9.17, 15) is 18.8 Å². The van der Waals surface area contributed by atoms with Crippen molar-refractivity contribution in [3.63, 3.8) is 0 Å². The Bertz CT molecular complexity index is 905. The van der Waals surface area contributed by atoms with Gasteiger partial charge in [-0.3, -0.25) is 9.59 Å². The monoisotopic (exact) mass is 389 g/mol. The van der Waals surface area contributed by atoms with Crippen molar-refractivity contribution in [3.8, 4) is 0 Å². The quantitative estimate of drug-likeness (QED) is 0.500. The predicted octanol–water partition coefficient (Wildman–Crippen LogP) is 2.28. The molecule has 0 aliphatic carbocycles. The van der Waals surface area contributed by atoms with Gasteiger partial charge in [0.15, 0.2) is 0 Å². The van der Waals surface area contributed by atoms with Crippen LogP contribution in [0.5, 0.6) is 0 Å². The van der Waals surface area contributed by atoms with Gasteiger partial charge in [-0.05, 0) is 43.5 Å². The lowest BCUT2D eigenvalue weighted by Gasteiger charge is -2.08. The Balaban J connectivity index is 1.94. The van der Waals surface area contributed by atoms with Gasteiger partial charge in [-0.15, -0.1) is 0 Å². The largest absolute Gasteiger partial charge is 0.465 e. The maximum Gasteiger partial charge on any atom is 0.339 e. The summed E-state index contributed by atoms with van der Waals surface area (Å²) in [6.07, 6.45) is 0.543. The topological polar surface area (TPSA) is 100 Å². The maximum absolute atomic E-state index is 13.5. The Kier molecular flexibility index (Phi) is 6.92. The Hall–Kier alpha value is -3.16. The Morgan fingerprint density at radius 3 is 2.32 bits per heavy atom. The van der Waals surface area contributed by atoms with E-state index in [2.05, 4.69) is 15.6 Å². The average molecular weight is 389 g/mol. The normalized spacial score (nSPS) is 10.5. The van der Waals surface area contributed by atoms with Gasteiger partial charge in [0.05, 0.1) is 12.7 Å². The first-order valence-electron chi connectivity index (χ1n) is 8.92. The number of methoxy groups -OCH3 is 1. The highest BCUT2D eigenvalue weighted by atomic mass is 19.1. The van der Waals surface area contributed by atoms with Crippen molar-refractivity contribution < 1.29 is 23.5 Å². The number of rotatable bonds is 7. The number of aromatic nitrogens is 1. The molecule has 7 nitrogen and oxygen atoms in total. The van der Waals surface area contributed by atoms with Gasteiger partial charge in [-0.1, -0.05) is 13.0 Å². The number of ether oxygens (including phenoxy) is 1. The zero-order chi connectivity index (χ0) is 20.8. The molecule has 3 N–H and O–H groups in total. The van der Waals surface area contributed by atoms with Crippen LogP contribution in [0.4, 0.5) is 4.39 Å². The number of amides is 2. The van der Waals surface area contributed by atoms with Gasteiger partial charge < -0.3 is 20.4 Å². The summed E-state index contributed by atoms with van der Waals surface area (Å²) in [7, 11) is 1.29. The van der Waals surface area contributed by atoms with Gasteiger partial charge in [-0.2, -0.15) is 0 Å². The Labute approximate surface area is 162 Å². The second-order valence-electron chi connectivity index (χ2n) is 6.30. The molecule has 1 aromatic carbocycles. The van der Waals surface area contributed by atoms with E-state index in [0.717, 1.165) is 0 Å². The van der Waals surface area contributed by atoms with Crippen LogP contribution in [0, 0.1) is 19.7 Å². The minimum Gasteiger partial charge on any atom is -0.465 e. The van der Waals surface area contributed by atoms with Crippen LogP contribution in [-0.2, 0) is 11.2 Å². The number of nitrogens with one attached hydrogen (secondary N) is 3. The fourth-order valence-electron chi connectivity index (χ4n) is 2.81. The molecule has 28 heavy (non-hydrogen) atoms. The number of aryl methyl sites for hydroxylation is 2. The van der Waals surface area contributed by atoms with E-state index in [0.29, 0.717) is 28.8 Å². The molecule has 0 bridgehead atoms. The van der Waals surface area contributed by atoms with Crippen molar-refractivity contribution in [2.75, 3.05) is 20.2 Å². The van der Waals surface area contributed by atoms with E-state index in [4.69, 9.17) is 4.74 Å². The van der Waals surface area contributed by atoms with Crippen LogP contribution >= 0.6 is 0 Å². The number of carbonyl (C=O) groups excluding carboxylic acids is 3. The van der Waals surface area contributed by atoms with Crippen molar-refractivity contribution in [3.05, 3.63) is 57.7 Å². The lowest BCUT2D eigenvalue weighted by molar-refractivity contribution is 0.0598. The molecule has 0 fully saturated rings. The molecule has 2 aromatic rings. The summed E-state index contributed by atoms with van der Waals surface area (Å²) in [5.41, 5.74) is 2.46. The van der Waals surface area contributed by atoms with Gasteiger partial charge >= 0.3 is 5.97 Å². The van der Waals surface area contributed by atoms with Crippen molar-refractivity contribution in [1.29, 1.82) is 0 Å². The van der Waals surface area contributed by atoms with E-state index < -0.39 is 23.6 Å². The summed E-state index contributed by atoms with van der Waals surface area (Å²) in [5, 5.41) is 5.30. The summed E-state index contributed by atoms with van der Waals surface area (Å²) in [6.45, 7) is 5.49. The number of aromatic amines is 1. The van der Waals surface area contributed by atoms with E-state index in [1.54, 1.807) is 13.8 Å². The SMILES string of the molecule is CCc1[nH]c(C(=O)NCCNC(=O)c2ccc(C)c(F)c2)c(C)c1C(=O)OC. The highest BCUT2D eigenvalue weighted by Gasteiger charge is 2.23. The molecule has 0 saturated carbocycles. The third kappa shape index (κ3) is 4.57. The van der Waals surface area contributed by atoms with Crippen LogP contribution in [0.2, 0.25) is 0 Å². The fourth-order valence-corrected chi connectivity index (χ4v) is 2.81. The number of benzene rings is 1. The Morgan fingerprint density at radius 2 is 1.75 bits per heavy atom. The molecule has 1 aromatic heterocycles. The molecule has 2 amide bonds. The third-order valence-electron chi connectivity index (χ3n) is 4.43. The van der Waals surface area contributed by atoms with E-state index >= 15 is 0 Å². The van der Waals surface area contributed by atoms with Crippen molar-refractivity contribution >= 4 is 17.8 Å². The molecular formula is C20H24FN3O4. The van der Waals surface area contributed by atoms with Crippen LogP contribution in [0.15, 0.2) is 18.2 Å². The fraction of sp³-hybridized carbons (Fsp3) is 0.350. The second-order valence-corrected chi connectivity index (χ2v) is 6.30. The number of H-pyrrole nitrogens is 1. The third-order valence-corrected chi connectivity index (χ3v) is 4.43. The summed E-state index contributed by atoms with van der Waals surface area (Å²) < 4.78 is 18.3. The predicted molar refractivity (Wildman–Crippen MR) is 102 cm³/mol. The number of hydrogen-bond acceptors (Lipinski definition) is 4. The summed E-state index contributed by atoms with van der Waals surface area (Å²) in [6, 6.07) is 4.24. The lowest BCUT2D eigenvalue weighted by atomic mass is 10.1. The van der Waals surface area contributed by atoms with Gasteiger partial charge in [-0.25, -0.2) is 9.18 Å². The van der Waals surface area contributed by atoms with Gasteiger partial charge in [0.2, 0.25) is 0 Å². The average Bonchev–Trinajstić information content (AvgIpc) is 3.02. The molecule has 0 atom stereocenters. The lowest BCUT2D eigenvalue weighted by Crippen LogP contribution is -2.35. The smallest absolute Gasteiger partial charge is 0.339 e. The van der Waals surface area contributed by atoms with Crippen LogP contribution in [0.1, 0.15) is 54.9 Å².